The van der Waals surface area contributed by atoms with Crippen molar-refractivity contribution in [1.29, 1.82) is 5.26 Å². The number of amides is 1. The topological polar surface area (TPSA) is 77.7 Å². The van der Waals surface area contributed by atoms with Crippen LogP contribution in [-0.2, 0) is 11.0 Å². The second-order valence-corrected chi connectivity index (χ2v) is 8.56. The maximum atomic E-state index is 14.6. The van der Waals surface area contributed by atoms with Gasteiger partial charge in [0.2, 0.25) is 0 Å². The van der Waals surface area contributed by atoms with E-state index in [2.05, 4.69) is 10.3 Å². The summed E-state index contributed by atoms with van der Waals surface area (Å²) in [4.78, 5) is 18.4. The normalized spacial score (nSPS) is 14.9. The van der Waals surface area contributed by atoms with Crippen LogP contribution in [0.25, 0.3) is 6.08 Å². The molecule has 0 atom stereocenters. The first kappa shape index (κ1) is 25.3. The van der Waals surface area contributed by atoms with E-state index in [9.17, 15) is 22.4 Å². The van der Waals surface area contributed by atoms with Gasteiger partial charge in [-0.3, -0.25) is 4.79 Å². The van der Waals surface area contributed by atoms with Crippen molar-refractivity contribution in [1.82, 2.24) is 10.2 Å². The van der Waals surface area contributed by atoms with Crippen molar-refractivity contribution in [2.24, 2.45) is 4.99 Å². The second kappa shape index (κ2) is 10.7. The van der Waals surface area contributed by atoms with E-state index in [0.29, 0.717) is 23.3 Å². The van der Waals surface area contributed by atoms with E-state index in [1.54, 1.807) is 6.07 Å². The molecule has 1 aliphatic heterocycles. The summed E-state index contributed by atoms with van der Waals surface area (Å²) in [7, 11) is 3.92. The van der Waals surface area contributed by atoms with Gasteiger partial charge < -0.3 is 15.0 Å². The smallest absolute Gasteiger partial charge is 0.420 e. The summed E-state index contributed by atoms with van der Waals surface area (Å²) in [6, 6.07) is 8.02. The highest BCUT2D eigenvalue weighted by Crippen LogP contribution is 2.39. The van der Waals surface area contributed by atoms with Gasteiger partial charge in [0, 0.05) is 6.54 Å². The fourth-order valence-electron chi connectivity index (χ4n) is 2.94. The lowest BCUT2D eigenvalue weighted by Gasteiger charge is -2.14. The molecule has 0 bridgehead atoms. The van der Waals surface area contributed by atoms with Crippen LogP contribution >= 0.6 is 11.8 Å². The molecule has 1 aliphatic rings. The molecular weight excluding hydrogens is 472 g/mol. The van der Waals surface area contributed by atoms with Crippen LogP contribution in [-0.4, -0.2) is 43.2 Å². The van der Waals surface area contributed by atoms with Gasteiger partial charge in [-0.05, 0) is 80.8 Å². The molecular formula is C23H20F4N4O2S. The van der Waals surface area contributed by atoms with Crippen molar-refractivity contribution < 1.29 is 27.1 Å². The highest BCUT2D eigenvalue weighted by Gasteiger charge is 2.35. The third-order valence-corrected chi connectivity index (χ3v) is 5.51. The molecule has 0 saturated carbocycles. The Labute approximate surface area is 197 Å². The lowest BCUT2D eigenvalue weighted by Crippen LogP contribution is -2.24. The van der Waals surface area contributed by atoms with Gasteiger partial charge in [0.05, 0.1) is 22.1 Å². The number of rotatable bonds is 7. The fraction of sp³-hybridized carbons (Fsp3) is 0.261. The molecule has 1 amide bonds. The maximum absolute atomic E-state index is 14.6. The first-order valence-electron chi connectivity index (χ1n) is 10.1. The minimum atomic E-state index is -4.79. The van der Waals surface area contributed by atoms with E-state index in [1.807, 2.05) is 19.0 Å². The number of ether oxygens (including phenoxy) is 1. The third kappa shape index (κ3) is 6.59. The zero-order chi connectivity index (χ0) is 24.9. The average Bonchev–Trinajstić information content (AvgIpc) is 3.11. The van der Waals surface area contributed by atoms with Crippen LogP contribution in [0.4, 0.5) is 17.6 Å². The highest BCUT2D eigenvalue weighted by molar-refractivity contribution is 8.18. The molecule has 3 rings (SSSR count). The van der Waals surface area contributed by atoms with E-state index in [4.69, 9.17) is 10.00 Å². The van der Waals surface area contributed by atoms with E-state index < -0.39 is 35.0 Å². The van der Waals surface area contributed by atoms with Gasteiger partial charge >= 0.3 is 6.18 Å². The van der Waals surface area contributed by atoms with Crippen LogP contribution in [0.1, 0.15) is 23.1 Å². The summed E-state index contributed by atoms with van der Waals surface area (Å²) in [5, 5.41) is 12.4. The van der Waals surface area contributed by atoms with Crippen molar-refractivity contribution >= 4 is 28.9 Å². The number of amidine groups is 1. The van der Waals surface area contributed by atoms with Crippen LogP contribution in [0.15, 0.2) is 46.3 Å². The van der Waals surface area contributed by atoms with Gasteiger partial charge in [-0.25, -0.2) is 4.39 Å². The summed E-state index contributed by atoms with van der Waals surface area (Å²) in [5.41, 5.74) is -1.07. The first-order chi connectivity index (χ1) is 16.1. The van der Waals surface area contributed by atoms with Crippen LogP contribution < -0.4 is 10.1 Å². The lowest BCUT2D eigenvalue weighted by atomic mass is 10.1. The molecule has 0 aromatic heterocycles. The number of nitrogens with one attached hydrogen (secondary N) is 1. The standard InChI is InChI=1S/C23H20F4N4O2S/c1-31(2)9-3-8-29-22-30-21(32)20(34-22)12-14-4-7-19(17(24)11-14)33-18-6-5-15(13-28)10-16(18)23(25,26)27/h4-7,10-12H,3,8-9H2,1-2H3,(H,29,30,32)/b20-12+. The molecule has 1 N–H and O–H groups in total. The number of thioether (sulfide) groups is 1. The van der Waals surface area contributed by atoms with Gasteiger partial charge in [0.25, 0.3) is 5.91 Å². The number of nitrogens with zero attached hydrogens (tertiary/aromatic N) is 3. The number of hydrogen-bond donors (Lipinski definition) is 1. The second-order valence-electron chi connectivity index (χ2n) is 7.53. The van der Waals surface area contributed by atoms with Crippen molar-refractivity contribution in [3.63, 3.8) is 0 Å². The molecule has 0 fully saturated rings. The summed E-state index contributed by atoms with van der Waals surface area (Å²) < 4.78 is 59.7. The molecule has 0 aliphatic carbocycles. The van der Waals surface area contributed by atoms with Crippen molar-refractivity contribution in [3.8, 4) is 17.6 Å². The molecule has 2 aromatic rings. The van der Waals surface area contributed by atoms with E-state index >= 15 is 0 Å². The zero-order valence-electron chi connectivity index (χ0n) is 18.2. The van der Waals surface area contributed by atoms with E-state index in [-0.39, 0.29) is 10.5 Å². The van der Waals surface area contributed by atoms with E-state index in [0.717, 1.165) is 42.9 Å². The van der Waals surface area contributed by atoms with Crippen LogP contribution in [0.2, 0.25) is 0 Å². The van der Waals surface area contributed by atoms with E-state index in [1.165, 1.54) is 18.2 Å². The van der Waals surface area contributed by atoms with Crippen molar-refractivity contribution in [3.05, 3.63) is 63.8 Å². The molecule has 0 saturated heterocycles. The van der Waals surface area contributed by atoms with Gasteiger partial charge in [0.15, 0.2) is 16.7 Å². The Morgan fingerprint density at radius 1 is 1.21 bits per heavy atom. The number of nitriles is 1. The minimum absolute atomic E-state index is 0.199. The number of alkyl halides is 3. The Morgan fingerprint density at radius 2 is 1.94 bits per heavy atom. The highest BCUT2D eigenvalue weighted by atomic mass is 32.2. The molecule has 6 nitrogen and oxygen atoms in total. The number of benzene rings is 2. The Morgan fingerprint density at radius 3 is 2.59 bits per heavy atom. The van der Waals surface area contributed by atoms with Crippen molar-refractivity contribution in [2.45, 2.75) is 12.6 Å². The number of halogens is 4. The molecule has 0 unspecified atom stereocenters. The Hall–Kier alpha value is -3.36. The summed E-state index contributed by atoms with van der Waals surface area (Å²) in [6.45, 7) is 1.52. The molecule has 178 valence electrons. The van der Waals surface area contributed by atoms with Gasteiger partial charge in [-0.1, -0.05) is 6.07 Å². The molecule has 11 heteroatoms. The number of hydrogen-bond acceptors (Lipinski definition) is 6. The predicted octanol–water partition coefficient (Wildman–Crippen LogP) is 5.02. The Bertz CT molecular complexity index is 1190. The van der Waals surface area contributed by atoms with Crippen LogP contribution in [0.5, 0.6) is 11.5 Å². The Balaban J connectivity index is 1.72. The van der Waals surface area contributed by atoms with Gasteiger partial charge in [-0.2, -0.15) is 23.4 Å². The summed E-state index contributed by atoms with van der Waals surface area (Å²) >= 11 is 1.13. The number of aliphatic imine (C=N–C) groups is 1. The molecule has 2 aromatic carbocycles. The minimum Gasteiger partial charge on any atom is -0.454 e. The zero-order valence-corrected chi connectivity index (χ0v) is 19.1. The lowest BCUT2D eigenvalue weighted by molar-refractivity contribution is -0.138. The molecule has 1 heterocycles. The Kier molecular flexibility index (Phi) is 7.96. The number of carbonyl (C=O) groups is 1. The monoisotopic (exact) mass is 492 g/mol. The summed E-state index contributed by atoms with van der Waals surface area (Å²) in [5.74, 6) is -2.43. The SMILES string of the molecule is CN(C)CCCNC1=NC(=O)/C(=C\c2ccc(Oc3ccc(C#N)cc3C(F)(F)F)c(F)c2)S1. The van der Waals surface area contributed by atoms with Crippen LogP contribution in [0, 0.1) is 17.1 Å². The summed E-state index contributed by atoms with van der Waals surface area (Å²) in [6.07, 6.45) is -2.48. The van der Waals surface area contributed by atoms with Gasteiger partial charge in [0.1, 0.15) is 5.75 Å². The number of carbonyl (C=O) groups excluding carboxylic acids is 1. The molecule has 34 heavy (non-hydrogen) atoms. The maximum Gasteiger partial charge on any atom is 0.420 e. The fourth-order valence-corrected chi connectivity index (χ4v) is 3.78. The third-order valence-electron chi connectivity index (χ3n) is 4.57. The molecule has 0 spiro atoms. The van der Waals surface area contributed by atoms with Crippen molar-refractivity contribution in [2.75, 3.05) is 27.2 Å². The van der Waals surface area contributed by atoms with Crippen LogP contribution in [0.3, 0.4) is 0 Å². The van der Waals surface area contributed by atoms with Gasteiger partial charge in [-0.15, -0.1) is 0 Å². The largest absolute Gasteiger partial charge is 0.454 e. The first-order valence-corrected chi connectivity index (χ1v) is 10.9. The average molecular weight is 492 g/mol. The molecule has 0 radical (unpaired) electrons. The predicted molar refractivity (Wildman–Crippen MR) is 122 cm³/mol. The quantitative estimate of drug-likeness (QED) is 0.332.